The summed E-state index contributed by atoms with van der Waals surface area (Å²) in [6.45, 7) is 4.45. The molecule has 2 aliphatic heterocycles. The zero-order valence-corrected chi connectivity index (χ0v) is 17.7. The van der Waals surface area contributed by atoms with Gasteiger partial charge in [-0.05, 0) is 30.7 Å². The minimum absolute atomic E-state index is 0.0233. The molecule has 0 bridgehead atoms. The quantitative estimate of drug-likeness (QED) is 0.429. The number of quaternary nitrogens is 1. The van der Waals surface area contributed by atoms with E-state index in [2.05, 4.69) is 0 Å². The molecule has 0 aromatic heterocycles. The van der Waals surface area contributed by atoms with Crippen LogP contribution in [0.4, 0.5) is 0 Å². The van der Waals surface area contributed by atoms with Crippen LogP contribution in [0.15, 0.2) is 29.2 Å². The highest BCUT2D eigenvalue weighted by atomic mass is 32.2. The monoisotopic (exact) mass is 421 g/mol. The number of hydrogen-bond acceptors (Lipinski definition) is 6. The molecule has 6 nitrogen and oxygen atoms in total. The van der Waals surface area contributed by atoms with Crippen LogP contribution in [0.1, 0.15) is 25.3 Å². The average molecular weight is 422 g/mol. The standard InChI is InChI=1S/C20H24N2O4S2/c1-3-26-19(24)15-8-10-21(11-9-15)13-22-18(23)17(28-20(22)27)12-14-4-6-16(25-2)7-5-14/h4-7,12,15H,3,8-11,13H2,1-2H3/p+1/b17-12+. The predicted octanol–water partition coefficient (Wildman–Crippen LogP) is 1.71. The van der Waals surface area contributed by atoms with Crippen LogP contribution in [0, 0.1) is 5.92 Å². The van der Waals surface area contributed by atoms with E-state index in [9.17, 15) is 9.59 Å². The van der Waals surface area contributed by atoms with Crippen molar-refractivity contribution in [3.8, 4) is 5.75 Å². The van der Waals surface area contributed by atoms with Crippen LogP contribution in [-0.4, -0.2) is 54.6 Å². The van der Waals surface area contributed by atoms with Crippen molar-refractivity contribution < 1.29 is 24.0 Å². The molecule has 1 aromatic rings. The number of likely N-dealkylation sites (tertiary alicyclic amines) is 1. The first-order valence-corrected chi connectivity index (χ1v) is 10.6. The lowest BCUT2D eigenvalue weighted by molar-refractivity contribution is -0.912. The molecule has 0 aliphatic carbocycles. The third kappa shape index (κ3) is 4.92. The van der Waals surface area contributed by atoms with Crippen molar-refractivity contribution >= 4 is 46.3 Å². The van der Waals surface area contributed by atoms with Gasteiger partial charge >= 0.3 is 5.97 Å². The average Bonchev–Trinajstić information content (AvgIpc) is 2.96. The summed E-state index contributed by atoms with van der Waals surface area (Å²) < 4.78 is 10.9. The van der Waals surface area contributed by atoms with E-state index in [0.717, 1.165) is 37.2 Å². The predicted molar refractivity (Wildman–Crippen MR) is 113 cm³/mol. The van der Waals surface area contributed by atoms with Crippen molar-refractivity contribution in [3.63, 3.8) is 0 Å². The van der Waals surface area contributed by atoms with Gasteiger partial charge in [0.15, 0.2) is 11.0 Å². The van der Waals surface area contributed by atoms with Crippen LogP contribution in [0.3, 0.4) is 0 Å². The van der Waals surface area contributed by atoms with Gasteiger partial charge in [0.1, 0.15) is 5.75 Å². The van der Waals surface area contributed by atoms with Gasteiger partial charge in [-0.2, -0.15) is 0 Å². The normalized spacial score (nSPS) is 23.9. The fourth-order valence-electron chi connectivity index (χ4n) is 3.39. The van der Waals surface area contributed by atoms with Crippen LogP contribution >= 0.6 is 24.0 Å². The number of piperidine rings is 1. The lowest BCUT2D eigenvalue weighted by Gasteiger charge is -2.30. The Morgan fingerprint density at radius 2 is 2.00 bits per heavy atom. The molecule has 2 aliphatic rings. The molecule has 2 heterocycles. The molecule has 1 N–H and O–H groups in total. The Hall–Kier alpha value is -1.90. The summed E-state index contributed by atoms with van der Waals surface area (Å²) in [7, 11) is 1.62. The van der Waals surface area contributed by atoms with Gasteiger partial charge in [0.2, 0.25) is 0 Å². The number of carbonyl (C=O) groups is 2. The minimum atomic E-state index is -0.102. The largest absolute Gasteiger partial charge is 0.497 e. The van der Waals surface area contributed by atoms with Gasteiger partial charge in [0, 0.05) is 12.8 Å². The van der Waals surface area contributed by atoms with Crippen molar-refractivity contribution in [1.82, 2.24) is 4.90 Å². The van der Waals surface area contributed by atoms with E-state index in [1.165, 1.54) is 16.7 Å². The van der Waals surface area contributed by atoms with Gasteiger partial charge in [-0.3, -0.25) is 9.59 Å². The van der Waals surface area contributed by atoms with Crippen molar-refractivity contribution in [3.05, 3.63) is 34.7 Å². The number of esters is 1. The van der Waals surface area contributed by atoms with E-state index in [-0.39, 0.29) is 17.8 Å². The maximum Gasteiger partial charge on any atom is 0.309 e. The molecule has 0 unspecified atom stereocenters. The van der Waals surface area contributed by atoms with Gasteiger partial charge in [-0.25, -0.2) is 4.90 Å². The zero-order chi connectivity index (χ0) is 20.1. The summed E-state index contributed by atoms with van der Waals surface area (Å²) in [5, 5.41) is 0. The highest BCUT2D eigenvalue weighted by Gasteiger charge is 2.36. The SMILES string of the molecule is CCOC(=O)C1CC[NH+](CN2C(=O)/C(=C\c3ccc(OC)cc3)SC2=S)CC1. The third-order valence-electron chi connectivity index (χ3n) is 4.98. The summed E-state index contributed by atoms with van der Waals surface area (Å²) in [5.41, 5.74) is 0.934. The van der Waals surface area contributed by atoms with Crippen molar-refractivity contribution in [2.45, 2.75) is 19.8 Å². The number of methoxy groups -OCH3 is 1. The van der Waals surface area contributed by atoms with E-state index in [0.29, 0.717) is 22.5 Å². The van der Waals surface area contributed by atoms with Gasteiger partial charge in [-0.1, -0.05) is 36.1 Å². The zero-order valence-electron chi connectivity index (χ0n) is 16.1. The molecule has 2 fully saturated rings. The number of thiocarbonyl (C=S) groups is 1. The number of thioether (sulfide) groups is 1. The molecule has 0 saturated carbocycles. The molecule has 150 valence electrons. The number of nitrogens with one attached hydrogen (secondary N) is 1. The Bertz CT molecular complexity index is 771. The highest BCUT2D eigenvalue weighted by molar-refractivity contribution is 8.26. The van der Waals surface area contributed by atoms with Gasteiger partial charge < -0.3 is 14.4 Å². The first kappa shape index (κ1) is 20.8. The molecular weight excluding hydrogens is 396 g/mol. The van der Waals surface area contributed by atoms with E-state index in [1.807, 2.05) is 37.3 Å². The third-order valence-corrected chi connectivity index (χ3v) is 6.36. The number of carbonyl (C=O) groups excluding carboxylic acids is 2. The summed E-state index contributed by atoms with van der Waals surface area (Å²) >= 11 is 6.78. The maximum absolute atomic E-state index is 12.8. The Balaban J connectivity index is 1.58. The number of amides is 1. The second kappa shape index (κ2) is 9.54. The minimum Gasteiger partial charge on any atom is -0.497 e. The fraction of sp³-hybridized carbons (Fsp3) is 0.450. The molecular formula is C20H25N2O4S2+. The molecule has 1 amide bonds. The molecule has 2 saturated heterocycles. The van der Waals surface area contributed by atoms with E-state index >= 15 is 0 Å². The molecule has 1 aromatic carbocycles. The Morgan fingerprint density at radius 3 is 2.61 bits per heavy atom. The number of nitrogens with zero attached hydrogens (tertiary/aromatic N) is 1. The van der Waals surface area contributed by atoms with Gasteiger partial charge in [0.05, 0.1) is 37.6 Å². The second-order valence-electron chi connectivity index (χ2n) is 6.82. The first-order chi connectivity index (χ1) is 13.5. The topological polar surface area (TPSA) is 60.3 Å². The Labute approximate surface area is 174 Å². The van der Waals surface area contributed by atoms with Gasteiger partial charge in [0.25, 0.3) is 5.91 Å². The highest BCUT2D eigenvalue weighted by Crippen LogP contribution is 2.32. The number of ether oxygens (including phenoxy) is 2. The van der Waals surface area contributed by atoms with Crippen LogP contribution < -0.4 is 9.64 Å². The molecule has 0 atom stereocenters. The van der Waals surface area contributed by atoms with Crippen LogP contribution in [0.5, 0.6) is 5.75 Å². The Kier molecular flexibility index (Phi) is 7.09. The smallest absolute Gasteiger partial charge is 0.309 e. The van der Waals surface area contributed by atoms with E-state index in [1.54, 1.807) is 12.0 Å². The van der Waals surface area contributed by atoms with Crippen molar-refractivity contribution in [1.29, 1.82) is 0 Å². The molecule has 0 spiro atoms. The summed E-state index contributed by atoms with van der Waals surface area (Å²) in [6, 6.07) is 7.56. The molecule has 3 rings (SSSR count). The number of hydrogen-bond donors (Lipinski definition) is 1. The van der Waals surface area contributed by atoms with Crippen LogP contribution in [-0.2, 0) is 14.3 Å². The number of rotatable bonds is 6. The number of benzene rings is 1. The summed E-state index contributed by atoms with van der Waals surface area (Å²) in [4.78, 5) is 28.3. The van der Waals surface area contributed by atoms with Crippen LogP contribution in [0.2, 0.25) is 0 Å². The summed E-state index contributed by atoms with van der Waals surface area (Å²) in [6.07, 6.45) is 3.43. The first-order valence-electron chi connectivity index (χ1n) is 9.41. The van der Waals surface area contributed by atoms with Crippen molar-refractivity contribution in [2.24, 2.45) is 5.92 Å². The van der Waals surface area contributed by atoms with E-state index < -0.39 is 0 Å². The molecule has 8 heteroatoms. The maximum atomic E-state index is 12.8. The Morgan fingerprint density at radius 1 is 1.32 bits per heavy atom. The van der Waals surface area contributed by atoms with Gasteiger partial charge in [-0.15, -0.1) is 0 Å². The fourth-order valence-corrected chi connectivity index (χ4v) is 4.65. The lowest BCUT2D eigenvalue weighted by atomic mass is 9.97. The lowest BCUT2D eigenvalue weighted by Crippen LogP contribution is -3.14. The van der Waals surface area contributed by atoms with Crippen molar-refractivity contribution in [2.75, 3.05) is 33.5 Å². The molecule has 28 heavy (non-hydrogen) atoms. The van der Waals surface area contributed by atoms with E-state index in [4.69, 9.17) is 21.7 Å². The molecule has 0 radical (unpaired) electrons. The van der Waals surface area contributed by atoms with Crippen LogP contribution in [0.25, 0.3) is 6.08 Å². The second-order valence-corrected chi connectivity index (χ2v) is 8.49. The summed E-state index contributed by atoms with van der Waals surface area (Å²) in [5.74, 6) is 0.602.